The number of rotatable bonds is 7. The molecule has 3 rings (SSSR count). The first kappa shape index (κ1) is 19.6. The third kappa shape index (κ3) is 5.20. The van der Waals surface area contributed by atoms with Crippen molar-refractivity contribution in [1.82, 2.24) is 0 Å². The van der Waals surface area contributed by atoms with Gasteiger partial charge in [-0.25, -0.2) is 5.01 Å². The number of hydrazone groups is 1. The second kappa shape index (κ2) is 9.18. The first-order valence-electron chi connectivity index (χ1n) is 9.24. The summed E-state index contributed by atoms with van der Waals surface area (Å²) in [6.07, 6.45) is 7.23. The molecule has 0 spiro atoms. The lowest BCUT2D eigenvalue weighted by Gasteiger charge is -2.25. The number of para-hydroxylation sites is 2. The van der Waals surface area contributed by atoms with Gasteiger partial charge < -0.3 is 4.43 Å². The highest BCUT2D eigenvalue weighted by atomic mass is 28.4. The minimum absolute atomic E-state index is 0.311. The van der Waals surface area contributed by atoms with E-state index in [0.717, 1.165) is 16.9 Å². The maximum atomic E-state index is 6.32. The number of benzene rings is 3. The van der Waals surface area contributed by atoms with Gasteiger partial charge in [0, 0.05) is 0 Å². The summed E-state index contributed by atoms with van der Waals surface area (Å²) in [5.74, 6) is 0. The molecular formula is C24H24N2OSi. The van der Waals surface area contributed by atoms with Gasteiger partial charge in [-0.1, -0.05) is 66.7 Å². The Morgan fingerprint density at radius 3 is 1.79 bits per heavy atom. The molecule has 28 heavy (non-hydrogen) atoms. The van der Waals surface area contributed by atoms with Crippen LogP contribution < -0.4 is 5.01 Å². The molecule has 140 valence electrons. The van der Waals surface area contributed by atoms with Gasteiger partial charge in [-0.05, 0) is 42.9 Å². The maximum Gasteiger partial charge on any atom is 0.266 e. The lowest BCUT2D eigenvalue weighted by atomic mass is 10.1. The van der Waals surface area contributed by atoms with Crippen LogP contribution in [-0.2, 0) is 4.43 Å². The summed E-state index contributed by atoms with van der Waals surface area (Å²) in [6.45, 7) is 4.03. The van der Waals surface area contributed by atoms with Crippen LogP contribution in [0.5, 0.6) is 0 Å². The molecule has 0 heterocycles. The summed E-state index contributed by atoms with van der Waals surface area (Å²) >= 11 is 0. The zero-order valence-electron chi connectivity index (χ0n) is 16.2. The Morgan fingerprint density at radius 1 is 0.857 bits per heavy atom. The zero-order valence-corrected chi connectivity index (χ0v) is 17.2. The standard InChI is InChI=1S/C24H24N2OSi/c1-4-28(2,3)27-24(21-14-8-5-9-15-21)20-25-26(22-16-10-6-11-17-22)23-18-12-7-13-19-23/h1,5-20,24H,2-3H3/b25-20+/t24-/m1/s1. The van der Waals surface area contributed by atoms with E-state index in [-0.39, 0.29) is 6.10 Å². The summed E-state index contributed by atoms with van der Waals surface area (Å²) < 4.78 is 6.32. The van der Waals surface area contributed by atoms with Crippen molar-refractivity contribution in [3.05, 3.63) is 96.6 Å². The second-order valence-electron chi connectivity index (χ2n) is 6.85. The molecule has 4 heteroatoms. The Morgan fingerprint density at radius 2 is 1.32 bits per heavy atom. The van der Waals surface area contributed by atoms with Crippen molar-refractivity contribution in [1.29, 1.82) is 0 Å². The summed E-state index contributed by atoms with van der Waals surface area (Å²) in [7, 11) is -2.24. The fraction of sp³-hybridized carbons (Fsp3) is 0.125. The minimum atomic E-state index is -2.24. The van der Waals surface area contributed by atoms with Crippen molar-refractivity contribution < 1.29 is 4.43 Å². The van der Waals surface area contributed by atoms with Crippen LogP contribution >= 0.6 is 0 Å². The van der Waals surface area contributed by atoms with Crippen molar-refractivity contribution in [3.8, 4) is 12.0 Å². The fourth-order valence-corrected chi connectivity index (χ4v) is 3.63. The summed E-state index contributed by atoms with van der Waals surface area (Å²) in [4.78, 5) is 0. The van der Waals surface area contributed by atoms with Gasteiger partial charge in [0.15, 0.2) is 0 Å². The lowest BCUT2D eigenvalue weighted by molar-refractivity contribution is 0.275. The quantitative estimate of drug-likeness (QED) is 0.218. The average Bonchev–Trinajstić information content (AvgIpc) is 2.75. The molecule has 3 aromatic rings. The predicted molar refractivity (Wildman–Crippen MR) is 120 cm³/mol. The maximum absolute atomic E-state index is 6.32. The lowest BCUT2D eigenvalue weighted by Crippen LogP contribution is -2.31. The molecule has 0 aliphatic heterocycles. The fourth-order valence-electron chi connectivity index (χ4n) is 2.73. The van der Waals surface area contributed by atoms with Crippen LogP contribution in [0.3, 0.4) is 0 Å². The highest BCUT2D eigenvalue weighted by Gasteiger charge is 2.25. The van der Waals surface area contributed by atoms with Gasteiger partial charge >= 0.3 is 0 Å². The molecule has 0 fully saturated rings. The highest BCUT2D eigenvalue weighted by Crippen LogP contribution is 2.27. The summed E-state index contributed by atoms with van der Waals surface area (Å²) in [6, 6.07) is 30.2. The smallest absolute Gasteiger partial charge is 0.266 e. The van der Waals surface area contributed by atoms with Crippen molar-refractivity contribution in [2.45, 2.75) is 19.2 Å². The average molecular weight is 385 g/mol. The molecular weight excluding hydrogens is 360 g/mol. The molecule has 0 saturated carbocycles. The molecule has 0 aromatic heterocycles. The Labute approximate surface area is 168 Å². The number of nitrogens with zero attached hydrogens (tertiary/aromatic N) is 2. The molecule has 0 unspecified atom stereocenters. The molecule has 3 aromatic carbocycles. The SMILES string of the molecule is C#C[Si](C)(C)O[C@H](/C=N/N(c1ccccc1)c1ccccc1)c1ccccc1. The summed E-state index contributed by atoms with van der Waals surface area (Å²) in [5, 5.41) is 6.70. The zero-order chi connectivity index (χ0) is 19.8. The monoisotopic (exact) mass is 384 g/mol. The van der Waals surface area contributed by atoms with Crippen LogP contribution in [0, 0.1) is 12.0 Å². The van der Waals surface area contributed by atoms with Crippen LogP contribution in [0.2, 0.25) is 13.1 Å². The molecule has 3 nitrogen and oxygen atoms in total. The van der Waals surface area contributed by atoms with E-state index < -0.39 is 8.32 Å². The molecule has 0 aliphatic rings. The molecule has 0 saturated heterocycles. The molecule has 0 bridgehead atoms. The molecule has 0 aliphatic carbocycles. The molecule has 1 atom stereocenters. The van der Waals surface area contributed by atoms with E-state index in [1.807, 2.05) is 115 Å². The Kier molecular flexibility index (Phi) is 6.44. The topological polar surface area (TPSA) is 24.8 Å². The van der Waals surface area contributed by atoms with E-state index in [0.29, 0.717) is 0 Å². The first-order valence-corrected chi connectivity index (χ1v) is 12.1. The number of hydrogen-bond acceptors (Lipinski definition) is 3. The van der Waals surface area contributed by atoms with E-state index in [4.69, 9.17) is 16.0 Å². The van der Waals surface area contributed by atoms with Crippen molar-refractivity contribution in [2.24, 2.45) is 5.10 Å². The third-order valence-electron chi connectivity index (χ3n) is 4.22. The van der Waals surface area contributed by atoms with Crippen LogP contribution in [0.15, 0.2) is 96.1 Å². The van der Waals surface area contributed by atoms with Gasteiger partial charge in [-0.15, -0.1) is 12.0 Å². The number of terminal acetylenes is 1. The highest BCUT2D eigenvalue weighted by molar-refractivity contribution is 6.79. The molecule has 0 amide bonds. The van der Waals surface area contributed by atoms with Crippen LogP contribution in [0.1, 0.15) is 11.7 Å². The van der Waals surface area contributed by atoms with E-state index in [1.165, 1.54) is 0 Å². The van der Waals surface area contributed by atoms with Gasteiger partial charge in [-0.2, -0.15) is 5.10 Å². The van der Waals surface area contributed by atoms with E-state index >= 15 is 0 Å². The van der Waals surface area contributed by atoms with Crippen molar-refractivity contribution >= 4 is 25.9 Å². The van der Waals surface area contributed by atoms with Crippen LogP contribution in [0.4, 0.5) is 11.4 Å². The van der Waals surface area contributed by atoms with Gasteiger partial charge in [0.05, 0.1) is 17.6 Å². The van der Waals surface area contributed by atoms with E-state index in [1.54, 1.807) is 0 Å². The van der Waals surface area contributed by atoms with E-state index in [2.05, 4.69) is 5.54 Å². The van der Waals surface area contributed by atoms with Crippen molar-refractivity contribution in [2.75, 3.05) is 5.01 Å². The van der Waals surface area contributed by atoms with Gasteiger partial charge in [-0.3, -0.25) is 0 Å². The third-order valence-corrected chi connectivity index (χ3v) is 5.75. The van der Waals surface area contributed by atoms with Gasteiger partial charge in [0.25, 0.3) is 8.32 Å². The molecule has 0 radical (unpaired) electrons. The van der Waals surface area contributed by atoms with Crippen molar-refractivity contribution in [3.63, 3.8) is 0 Å². The second-order valence-corrected chi connectivity index (χ2v) is 10.4. The Balaban J connectivity index is 1.97. The van der Waals surface area contributed by atoms with Crippen LogP contribution in [-0.4, -0.2) is 14.5 Å². The molecule has 0 N–H and O–H groups in total. The first-order chi connectivity index (χ1) is 13.6. The largest absolute Gasteiger partial charge is 0.393 e. The van der Waals surface area contributed by atoms with Gasteiger partial charge in [0.2, 0.25) is 0 Å². The van der Waals surface area contributed by atoms with E-state index in [9.17, 15) is 0 Å². The number of hydrogen-bond donors (Lipinski definition) is 0. The normalized spacial score (nSPS) is 12.5. The van der Waals surface area contributed by atoms with Crippen LogP contribution in [0.25, 0.3) is 0 Å². The Bertz CT molecular complexity index is 895. The Hall–Kier alpha value is -3.13. The summed E-state index contributed by atoms with van der Waals surface area (Å²) in [5.41, 5.74) is 5.82. The van der Waals surface area contributed by atoms with Gasteiger partial charge in [0.1, 0.15) is 6.10 Å². The predicted octanol–water partition coefficient (Wildman–Crippen LogP) is 5.95. The minimum Gasteiger partial charge on any atom is -0.393 e. The number of anilines is 2.